The van der Waals surface area contributed by atoms with Gasteiger partial charge in [0, 0.05) is 35.3 Å². The van der Waals surface area contributed by atoms with Gasteiger partial charge in [0.15, 0.2) is 5.75 Å². The molecule has 0 fully saturated rings. The molecule has 0 aliphatic carbocycles. The molecule has 0 aliphatic rings. The Balaban J connectivity index is 2.09. The highest BCUT2D eigenvalue weighted by molar-refractivity contribution is 9.10. The summed E-state index contributed by atoms with van der Waals surface area (Å²) in [6.45, 7) is 1.76. The topological polar surface area (TPSA) is 57.0 Å². The molecule has 0 radical (unpaired) electrons. The number of aromatic nitrogens is 3. The van der Waals surface area contributed by atoms with Crippen molar-refractivity contribution in [1.29, 1.82) is 0 Å². The third kappa shape index (κ3) is 3.54. The summed E-state index contributed by atoms with van der Waals surface area (Å²) >= 11 is 3.43. The van der Waals surface area contributed by atoms with Crippen LogP contribution in [0.1, 0.15) is 13.3 Å². The van der Waals surface area contributed by atoms with Crippen LogP contribution in [0.25, 0.3) is 22.5 Å². The predicted octanol–water partition coefficient (Wildman–Crippen LogP) is 4.23. The minimum Gasteiger partial charge on any atom is -0.424 e. The number of benzene rings is 1. The number of nitrogens with zero attached hydrogens (tertiary/aromatic N) is 3. The molecule has 3 aromatic rings. The summed E-state index contributed by atoms with van der Waals surface area (Å²) in [4.78, 5) is 16.4. The van der Waals surface area contributed by atoms with Gasteiger partial charge in [-0.15, -0.1) is 0 Å². The SMILES string of the molecule is CCC(=O)Oc1ccc(-c2cnn(C)c2)nc1-c1ccc(Br)cc1. The van der Waals surface area contributed by atoms with Crippen LogP contribution in [0.2, 0.25) is 0 Å². The first-order valence-electron chi connectivity index (χ1n) is 7.53. The lowest BCUT2D eigenvalue weighted by molar-refractivity contribution is -0.133. The first-order chi connectivity index (χ1) is 11.6. The Morgan fingerprint density at radius 1 is 1.17 bits per heavy atom. The molecule has 24 heavy (non-hydrogen) atoms. The zero-order chi connectivity index (χ0) is 17.1. The van der Waals surface area contributed by atoms with E-state index in [9.17, 15) is 4.79 Å². The maximum atomic E-state index is 11.7. The molecule has 0 saturated carbocycles. The van der Waals surface area contributed by atoms with Crippen LogP contribution in [0.4, 0.5) is 0 Å². The first kappa shape index (κ1) is 16.4. The lowest BCUT2D eigenvalue weighted by Crippen LogP contribution is -2.07. The largest absolute Gasteiger partial charge is 0.424 e. The second-order valence-electron chi connectivity index (χ2n) is 5.28. The lowest BCUT2D eigenvalue weighted by Gasteiger charge is -2.11. The molecule has 0 atom stereocenters. The van der Waals surface area contributed by atoms with E-state index >= 15 is 0 Å². The molecule has 1 aromatic carbocycles. The monoisotopic (exact) mass is 385 g/mol. The summed E-state index contributed by atoms with van der Waals surface area (Å²) in [6.07, 6.45) is 3.96. The lowest BCUT2D eigenvalue weighted by atomic mass is 10.1. The Hall–Kier alpha value is -2.47. The molecule has 0 unspecified atom stereocenters. The van der Waals surface area contributed by atoms with Crippen LogP contribution in [0.5, 0.6) is 5.75 Å². The summed E-state index contributed by atoms with van der Waals surface area (Å²) in [6, 6.07) is 11.3. The van der Waals surface area contributed by atoms with E-state index in [0.717, 1.165) is 21.3 Å². The van der Waals surface area contributed by atoms with Gasteiger partial charge in [-0.3, -0.25) is 9.48 Å². The normalized spacial score (nSPS) is 10.6. The van der Waals surface area contributed by atoms with Crippen molar-refractivity contribution in [3.05, 3.63) is 53.3 Å². The van der Waals surface area contributed by atoms with Crippen molar-refractivity contribution in [3.8, 4) is 28.3 Å². The van der Waals surface area contributed by atoms with E-state index in [-0.39, 0.29) is 5.97 Å². The number of pyridine rings is 1. The standard InChI is InChI=1S/C18H16BrN3O2/c1-3-17(23)24-16-9-8-15(13-10-20-22(2)11-13)21-18(16)12-4-6-14(19)7-5-12/h4-11H,3H2,1-2H3. The van der Waals surface area contributed by atoms with E-state index in [0.29, 0.717) is 17.9 Å². The van der Waals surface area contributed by atoms with E-state index < -0.39 is 0 Å². The molecule has 0 bridgehead atoms. The number of carbonyl (C=O) groups is 1. The van der Waals surface area contributed by atoms with Crippen molar-refractivity contribution in [2.24, 2.45) is 7.05 Å². The van der Waals surface area contributed by atoms with Gasteiger partial charge in [-0.2, -0.15) is 5.10 Å². The molecule has 2 aromatic heterocycles. The molecular formula is C18H16BrN3O2. The number of esters is 1. The molecule has 2 heterocycles. The first-order valence-corrected chi connectivity index (χ1v) is 8.33. The Labute approximate surface area is 148 Å². The van der Waals surface area contributed by atoms with E-state index in [1.165, 1.54) is 0 Å². The number of rotatable bonds is 4. The molecule has 0 N–H and O–H groups in total. The Morgan fingerprint density at radius 3 is 2.54 bits per heavy atom. The highest BCUT2D eigenvalue weighted by atomic mass is 79.9. The van der Waals surface area contributed by atoms with Crippen molar-refractivity contribution in [1.82, 2.24) is 14.8 Å². The molecular weight excluding hydrogens is 370 g/mol. The van der Waals surface area contributed by atoms with Gasteiger partial charge in [0.25, 0.3) is 0 Å². The van der Waals surface area contributed by atoms with Gasteiger partial charge < -0.3 is 4.74 Å². The average Bonchev–Trinajstić information content (AvgIpc) is 3.02. The van der Waals surface area contributed by atoms with Crippen LogP contribution in [0.15, 0.2) is 53.3 Å². The third-order valence-electron chi connectivity index (χ3n) is 3.49. The fourth-order valence-corrected chi connectivity index (χ4v) is 2.52. The fraction of sp³-hybridized carbons (Fsp3) is 0.167. The fourth-order valence-electron chi connectivity index (χ4n) is 2.25. The molecule has 0 amide bonds. The van der Waals surface area contributed by atoms with Crippen molar-refractivity contribution in [2.75, 3.05) is 0 Å². The predicted molar refractivity (Wildman–Crippen MR) is 95.5 cm³/mol. The van der Waals surface area contributed by atoms with Gasteiger partial charge in [-0.05, 0) is 24.3 Å². The Morgan fingerprint density at radius 2 is 1.92 bits per heavy atom. The highest BCUT2D eigenvalue weighted by Crippen LogP contribution is 2.32. The summed E-state index contributed by atoms with van der Waals surface area (Å²) in [5, 5.41) is 4.18. The number of halogens is 1. The van der Waals surface area contributed by atoms with Gasteiger partial charge >= 0.3 is 5.97 Å². The maximum absolute atomic E-state index is 11.7. The Kier molecular flexibility index (Phi) is 4.76. The highest BCUT2D eigenvalue weighted by Gasteiger charge is 2.14. The summed E-state index contributed by atoms with van der Waals surface area (Å²) in [7, 11) is 1.86. The van der Waals surface area contributed by atoms with Crippen LogP contribution < -0.4 is 4.74 Å². The molecule has 6 heteroatoms. The van der Waals surface area contributed by atoms with E-state index in [1.54, 1.807) is 23.9 Å². The van der Waals surface area contributed by atoms with Crippen molar-refractivity contribution >= 4 is 21.9 Å². The van der Waals surface area contributed by atoms with Crippen molar-refractivity contribution in [3.63, 3.8) is 0 Å². The number of carbonyl (C=O) groups excluding carboxylic acids is 1. The summed E-state index contributed by atoms with van der Waals surface area (Å²) in [5.74, 6) is 0.168. The molecule has 0 spiro atoms. The molecule has 3 rings (SSSR count). The van der Waals surface area contributed by atoms with E-state index in [4.69, 9.17) is 9.72 Å². The number of hydrogen-bond acceptors (Lipinski definition) is 4. The minimum absolute atomic E-state index is 0.288. The molecule has 0 aliphatic heterocycles. The van der Waals surface area contributed by atoms with Crippen LogP contribution in [0, 0.1) is 0 Å². The second-order valence-corrected chi connectivity index (χ2v) is 6.20. The Bertz CT molecular complexity index is 872. The van der Waals surface area contributed by atoms with Crippen LogP contribution in [-0.4, -0.2) is 20.7 Å². The maximum Gasteiger partial charge on any atom is 0.310 e. The smallest absolute Gasteiger partial charge is 0.310 e. The van der Waals surface area contributed by atoms with Gasteiger partial charge in [-0.25, -0.2) is 4.98 Å². The third-order valence-corrected chi connectivity index (χ3v) is 4.02. The summed E-state index contributed by atoms with van der Waals surface area (Å²) in [5.41, 5.74) is 3.19. The van der Waals surface area contributed by atoms with Crippen molar-refractivity contribution in [2.45, 2.75) is 13.3 Å². The average molecular weight is 386 g/mol. The van der Waals surface area contributed by atoms with Gasteiger partial charge in [0.1, 0.15) is 5.69 Å². The number of ether oxygens (including phenoxy) is 1. The van der Waals surface area contributed by atoms with Crippen LogP contribution >= 0.6 is 15.9 Å². The number of hydrogen-bond donors (Lipinski definition) is 0. The van der Waals surface area contributed by atoms with E-state index in [2.05, 4.69) is 21.0 Å². The minimum atomic E-state index is -0.288. The zero-order valence-corrected chi connectivity index (χ0v) is 14.9. The second kappa shape index (κ2) is 6.97. The number of aryl methyl sites for hydroxylation is 1. The summed E-state index contributed by atoms with van der Waals surface area (Å²) < 4.78 is 8.14. The van der Waals surface area contributed by atoms with Crippen LogP contribution in [-0.2, 0) is 11.8 Å². The molecule has 122 valence electrons. The zero-order valence-electron chi connectivity index (χ0n) is 13.4. The van der Waals surface area contributed by atoms with Gasteiger partial charge in [-0.1, -0.05) is 35.0 Å². The molecule has 5 nitrogen and oxygen atoms in total. The van der Waals surface area contributed by atoms with Crippen molar-refractivity contribution < 1.29 is 9.53 Å². The van der Waals surface area contributed by atoms with E-state index in [1.807, 2.05) is 43.6 Å². The van der Waals surface area contributed by atoms with Gasteiger partial charge in [0.05, 0.1) is 11.9 Å². The van der Waals surface area contributed by atoms with Crippen LogP contribution in [0.3, 0.4) is 0 Å². The molecule has 0 saturated heterocycles. The van der Waals surface area contributed by atoms with Gasteiger partial charge in [0.2, 0.25) is 0 Å². The quantitative estimate of drug-likeness (QED) is 0.630.